The minimum atomic E-state index is -2.52. The molecule has 0 radical (unpaired) electrons. The summed E-state index contributed by atoms with van der Waals surface area (Å²) in [7, 11) is -2.52. The first-order valence-electron chi connectivity index (χ1n) is 3.88. The molecule has 5 heteroatoms. The zero-order chi connectivity index (χ0) is 10.8. The van der Waals surface area contributed by atoms with Crippen molar-refractivity contribution < 1.29 is 9.00 Å². The Morgan fingerprint density at radius 2 is 2.21 bits per heavy atom. The van der Waals surface area contributed by atoms with Crippen molar-refractivity contribution in [3.05, 3.63) is 29.8 Å². The van der Waals surface area contributed by atoms with Crippen LogP contribution in [0.15, 0.2) is 24.3 Å². The molecule has 0 heterocycles. The molecule has 0 fully saturated rings. The van der Waals surface area contributed by atoms with Crippen molar-refractivity contribution in [2.75, 3.05) is 12.0 Å². The Hall–Kier alpha value is -1.49. The van der Waals surface area contributed by atoms with Gasteiger partial charge in [-0.2, -0.15) is 0 Å². The topological polar surface area (TPSA) is 72.2 Å². The van der Waals surface area contributed by atoms with Gasteiger partial charge in [0.2, 0.25) is 0 Å². The Balaban J connectivity index is 2.91. The van der Waals surface area contributed by atoms with Crippen molar-refractivity contribution in [2.24, 2.45) is 0 Å². The van der Waals surface area contributed by atoms with Crippen molar-refractivity contribution in [1.29, 1.82) is 0 Å². The molecule has 0 saturated carbocycles. The summed E-state index contributed by atoms with van der Waals surface area (Å²) in [5, 5.41) is 0. The van der Waals surface area contributed by atoms with Gasteiger partial charge in [0.05, 0.1) is 0 Å². The fraction of sp³-hybridized carbons (Fsp3) is 0.111. The van der Waals surface area contributed by atoms with Crippen LogP contribution in [-0.4, -0.2) is 22.2 Å². The quantitative estimate of drug-likeness (QED) is 0.545. The van der Waals surface area contributed by atoms with E-state index < -0.39 is 15.6 Å². The van der Waals surface area contributed by atoms with E-state index in [1.165, 1.54) is 12.3 Å². The molecule has 1 aromatic carbocycles. The molecule has 1 unspecified atom stereocenters. The molecule has 1 atom stereocenters. The highest BCUT2D eigenvalue weighted by atomic mass is 32.2. The van der Waals surface area contributed by atoms with Crippen LogP contribution in [0.3, 0.4) is 0 Å². The van der Waals surface area contributed by atoms with Crippen molar-refractivity contribution in [3.8, 4) is 0 Å². The molecule has 76 valence electrons. The van der Waals surface area contributed by atoms with Gasteiger partial charge in [-0.1, -0.05) is 6.07 Å². The second-order valence-electron chi connectivity index (χ2n) is 3.06. The molecule has 1 aromatic rings. The highest BCUT2D eigenvalue weighted by Gasteiger charge is 2.07. The minimum Gasteiger partial charge on any atom is -0.399 e. The highest BCUT2D eigenvalue weighted by Crippen LogP contribution is 2.06. The van der Waals surface area contributed by atoms with E-state index in [2.05, 4.69) is 10.6 Å². The Morgan fingerprint density at radius 3 is 2.71 bits per heavy atom. The predicted octanol–water partition coefficient (Wildman–Crippen LogP) is 0.260. The van der Waals surface area contributed by atoms with Gasteiger partial charge in [-0.3, -0.25) is 9.52 Å². The second kappa shape index (κ2) is 3.71. The lowest BCUT2D eigenvalue weighted by Crippen LogP contribution is -2.29. The molecule has 14 heavy (non-hydrogen) atoms. The van der Waals surface area contributed by atoms with E-state index in [1.54, 1.807) is 18.2 Å². The summed E-state index contributed by atoms with van der Waals surface area (Å²) in [6.07, 6.45) is 1.36. The average Bonchev–Trinajstić information content (AvgIpc) is 2.01. The fourth-order valence-electron chi connectivity index (χ4n) is 0.935. The van der Waals surface area contributed by atoms with E-state index in [0.717, 1.165) is 0 Å². The highest BCUT2D eigenvalue weighted by molar-refractivity contribution is 7.98. The molecule has 1 rings (SSSR count). The summed E-state index contributed by atoms with van der Waals surface area (Å²) in [5.41, 5.74) is 6.36. The van der Waals surface area contributed by atoms with Crippen LogP contribution in [0.5, 0.6) is 0 Å². The van der Waals surface area contributed by atoms with E-state index in [0.29, 0.717) is 11.3 Å². The van der Waals surface area contributed by atoms with Crippen LogP contribution in [0, 0.1) is 0 Å². The van der Waals surface area contributed by atoms with Crippen LogP contribution in [0.4, 0.5) is 5.69 Å². The SMILES string of the molecule is C=S(C)(=O)NC(=O)c1cccc(N)c1. The maximum absolute atomic E-state index is 11.4. The van der Waals surface area contributed by atoms with Gasteiger partial charge in [0.1, 0.15) is 0 Å². The van der Waals surface area contributed by atoms with E-state index in [4.69, 9.17) is 5.73 Å². The van der Waals surface area contributed by atoms with Crippen molar-refractivity contribution in [3.63, 3.8) is 0 Å². The predicted molar refractivity (Wildman–Crippen MR) is 59.5 cm³/mol. The van der Waals surface area contributed by atoms with Crippen LogP contribution < -0.4 is 10.5 Å². The minimum absolute atomic E-state index is 0.378. The van der Waals surface area contributed by atoms with Gasteiger partial charge < -0.3 is 5.73 Å². The zero-order valence-electron chi connectivity index (χ0n) is 7.82. The number of nitrogen functional groups attached to an aromatic ring is 1. The van der Waals surface area contributed by atoms with Gasteiger partial charge in [-0.05, 0) is 24.1 Å². The van der Waals surface area contributed by atoms with Gasteiger partial charge in [0.15, 0.2) is 0 Å². The van der Waals surface area contributed by atoms with Crippen molar-refractivity contribution in [2.45, 2.75) is 0 Å². The third-order valence-corrected chi connectivity index (χ3v) is 2.07. The van der Waals surface area contributed by atoms with Crippen LogP contribution >= 0.6 is 0 Å². The molecular formula is C9H12N2O2S. The lowest BCUT2D eigenvalue weighted by atomic mass is 10.2. The van der Waals surface area contributed by atoms with Crippen LogP contribution in [0.2, 0.25) is 0 Å². The number of carbonyl (C=O) groups is 1. The summed E-state index contributed by atoms with van der Waals surface area (Å²) in [5.74, 6) is 2.89. The Labute approximate surface area is 83.3 Å². The van der Waals surface area contributed by atoms with Gasteiger partial charge in [-0.25, -0.2) is 4.21 Å². The number of anilines is 1. The summed E-state index contributed by atoms with van der Waals surface area (Å²) in [4.78, 5) is 11.4. The molecule has 4 nitrogen and oxygen atoms in total. The number of benzene rings is 1. The molecule has 0 aliphatic carbocycles. The lowest BCUT2D eigenvalue weighted by Gasteiger charge is -2.06. The summed E-state index contributed by atoms with van der Waals surface area (Å²) < 4.78 is 13.5. The maximum atomic E-state index is 11.4. The van der Waals surface area contributed by atoms with Gasteiger partial charge in [0, 0.05) is 27.2 Å². The third kappa shape index (κ3) is 3.10. The second-order valence-corrected chi connectivity index (χ2v) is 5.28. The number of rotatable bonds is 2. The van der Waals surface area contributed by atoms with E-state index in [9.17, 15) is 9.00 Å². The molecule has 0 aromatic heterocycles. The number of hydrogen-bond acceptors (Lipinski definition) is 3. The first-order valence-corrected chi connectivity index (χ1v) is 6.02. The summed E-state index contributed by atoms with van der Waals surface area (Å²) in [6, 6.07) is 6.44. The van der Waals surface area contributed by atoms with Gasteiger partial charge in [-0.15, -0.1) is 0 Å². The van der Waals surface area contributed by atoms with Crippen LogP contribution in [-0.2, 0) is 9.71 Å². The van der Waals surface area contributed by atoms with E-state index in [-0.39, 0.29) is 0 Å². The van der Waals surface area contributed by atoms with Crippen molar-refractivity contribution >= 4 is 27.2 Å². The van der Waals surface area contributed by atoms with E-state index in [1.807, 2.05) is 0 Å². The Kier molecular flexibility index (Phi) is 2.81. The average molecular weight is 212 g/mol. The van der Waals surface area contributed by atoms with Crippen LogP contribution in [0.1, 0.15) is 10.4 Å². The lowest BCUT2D eigenvalue weighted by molar-refractivity contribution is 0.0983. The number of hydrogen-bond donors (Lipinski definition) is 2. The summed E-state index contributed by atoms with van der Waals surface area (Å²) >= 11 is 0. The Morgan fingerprint density at radius 1 is 1.57 bits per heavy atom. The monoisotopic (exact) mass is 212 g/mol. The standard InChI is InChI=1S/C9H12N2O2S/c1-14(2,13)11-9(12)7-4-3-5-8(10)6-7/h3-6H,1,10H2,2H3,(H,11,12,13). The van der Waals surface area contributed by atoms with Gasteiger partial charge in [0.25, 0.3) is 5.91 Å². The number of amides is 1. The zero-order valence-corrected chi connectivity index (χ0v) is 8.64. The van der Waals surface area contributed by atoms with Crippen molar-refractivity contribution in [1.82, 2.24) is 4.72 Å². The normalized spacial score (nSPS) is 14.4. The largest absolute Gasteiger partial charge is 0.399 e. The molecule has 1 amide bonds. The van der Waals surface area contributed by atoms with Crippen LogP contribution in [0.25, 0.3) is 0 Å². The summed E-state index contributed by atoms with van der Waals surface area (Å²) in [6.45, 7) is 0. The molecular weight excluding hydrogens is 200 g/mol. The van der Waals surface area contributed by atoms with Gasteiger partial charge >= 0.3 is 0 Å². The third-order valence-electron chi connectivity index (χ3n) is 1.46. The first kappa shape index (κ1) is 10.6. The maximum Gasteiger partial charge on any atom is 0.262 e. The molecule has 3 N–H and O–H groups in total. The first-order chi connectivity index (χ1) is 6.38. The molecule has 0 saturated heterocycles. The molecule has 0 aliphatic rings. The smallest absolute Gasteiger partial charge is 0.262 e. The molecule has 0 spiro atoms. The molecule has 0 aliphatic heterocycles. The Bertz CT molecular complexity index is 452. The van der Waals surface area contributed by atoms with E-state index >= 15 is 0 Å². The number of nitrogens with two attached hydrogens (primary N) is 1. The number of nitrogens with one attached hydrogen (secondary N) is 1. The number of carbonyl (C=O) groups excluding carboxylic acids is 1. The fourth-order valence-corrected chi connectivity index (χ4v) is 1.44. The molecule has 0 bridgehead atoms.